The molecule has 0 saturated carbocycles. The SMILES string of the molecule is CC(C)(C)CC(C)(C)CC(C)(C)c1ccc(O)cc1. The van der Waals surface area contributed by atoms with Crippen molar-refractivity contribution in [1.82, 2.24) is 0 Å². The molecular formula is C18H30O. The first-order valence-electron chi connectivity index (χ1n) is 7.21. The second-order valence-electron chi connectivity index (χ2n) is 8.51. The van der Waals surface area contributed by atoms with E-state index in [1.165, 1.54) is 12.0 Å². The normalized spacial score (nSPS) is 13.6. The molecule has 0 unspecified atom stereocenters. The standard InChI is InChI=1S/C18H30O/c1-16(2,3)12-17(4,5)13-18(6,7)14-8-10-15(19)11-9-14/h8-11,19H,12-13H2,1-7H3. The van der Waals surface area contributed by atoms with Crippen molar-refractivity contribution in [2.75, 3.05) is 0 Å². The second kappa shape index (κ2) is 5.19. The van der Waals surface area contributed by atoms with Gasteiger partial charge in [-0.05, 0) is 46.8 Å². The van der Waals surface area contributed by atoms with Crippen LogP contribution in [0.25, 0.3) is 0 Å². The van der Waals surface area contributed by atoms with Gasteiger partial charge in [0.05, 0.1) is 0 Å². The van der Waals surface area contributed by atoms with Crippen LogP contribution in [0.4, 0.5) is 0 Å². The molecule has 0 radical (unpaired) electrons. The molecule has 0 amide bonds. The fourth-order valence-corrected chi connectivity index (χ4v) is 3.71. The van der Waals surface area contributed by atoms with E-state index in [2.05, 4.69) is 48.5 Å². The third-order valence-electron chi connectivity index (χ3n) is 3.58. The first kappa shape index (κ1) is 16.1. The van der Waals surface area contributed by atoms with Crippen LogP contribution in [-0.4, -0.2) is 5.11 Å². The molecule has 0 aliphatic carbocycles. The minimum absolute atomic E-state index is 0.127. The second-order valence-corrected chi connectivity index (χ2v) is 8.51. The first-order chi connectivity index (χ1) is 8.41. The minimum Gasteiger partial charge on any atom is -0.508 e. The maximum Gasteiger partial charge on any atom is 0.115 e. The summed E-state index contributed by atoms with van der Waals surface area (Å²) in [4.78, 5) is 0. The van der Waals surface area contributed by atoms with E-state index in [-0.39, 0.29) is 5.41 Å². The lowest BCUT2D eigenvalue weighted by atomic mass is 9.66. The molecule has 0 bridgehead atoms. The van der Waals surface area contributed by atoms with Crippen molar-refractivity contribution >= 4 is 0 Å². The number of aromatic hydroxyl groups is 1. The van der Waals surface area contributed by atoms with Crippen molar-refractivity contribution in [3.05, 3.63) is 29.8 Å². The van der Waals surface area contributed by atoms with Crippen LogP contribution < -0.4 is 0 Å². The van der Waals surface area contributed by atoms with Crippen molar-refractivity contribution in [3.8, 4) is 5.75 Å². The van der Waals surface area contributed by atoms with Crippen molar-refractivity contribution in [3.63, 3.8) is 0 Å². The highest BCUT2D eigenvalue weighted by molar-refractivity contribution is 5.30. The Morgan fingerprint density at radius 2 is 1.26 bits per heavy atom. The van der Waals surface area contributed by atoms with Crippen LogP contribution >= 0.6 is 0 Å². The van der Waals surface area contributed by atoms with E-state index in [4.69, 9.17) is 0 Å². The molecule has 0 spiro atoms. The third-order valence-corrected chi connectivity index (χ3v) is 3.58. The lowest BCUT2D eigenvalue weighted by Crippen LogP contribution is -2.30. The third kappa shape index (κ3) is 5.26. The molecule has 1 rings (SSSR count). The van der Waals surface area contributed by atoms with Crippen LogP contribution in [0, 0.1) is 10.8 Å². The number of phenolic OH excluding ortho intramolecular Hbond substituents is 1. The number of hydrogen-bond donors (Lipinski definition) is 1. The molecule has 0 saturated heterocycles. The molecule has 0 fully saturated rings. The van der Waals surface area contributed by atoms with Gasteiger partial charge in [-0.3, -0.25) is 0 Å². The monoisotopic (exact) mass is 262 g/mol. The molecule has 0 aromatic heterocycles. The summed E-state index contributed by atoms with van der Waals surface area (Å²) in [5.74, 6) is 0.341. The lowest BCUT2D eigenvalue weighted by molar-refractivity contribution is 0.166. The van der Waals surface area contributed by atoms with Gasteiger partial charge < -0.3 is 5.11 Å². The van der Waals surface area contributed by atoms with Gasteiger partial charge in [0.25, 0.3) is 0 Å². The molecule has 0 aliphatic heterocycles. The summed E-state index contributed by atoms with van der Waals surface area (Å²) in [5, 5.41) is 9.41. The summed E-state index contributed by atoms with van der Waals surface area (Å²) in [7, 11) is 0. The van der Waals surface area contributed by atoms with Crippen LogP contribution in [0.15, 0.2) is 24.3 Å². The van der Waals surface area contributed by atoms with Crippen LogP contribution in [0.3, 0.4) is 0 Å². The molecule has 1 nitrogen and oxygen atoms in total. The Balaban J connectivity index is 2.86. The maximum absolute atomic E-state index is 9.41. The van der Waals surface area contributed by atoms with Gasteiger partial charge in [-0.15, -0.1) is 0 Å². The van der Waals surface area contributed by atoms with Crippen LogP contribution in [0.2, 0.25) is 0 Å². The average molecular weight is 262 g/mol. The van der Waals surface area contributed by atoms with Gasteiger partial charge in [-0.25, -0.2) is 0 Å². The lowest BCUT2D eigenvalue weighted by Gasteiger charge is -2.39. The van der Waals surface area contributed by atoms with E-state index in [0.717, 1.165) is 6.42 Å². The fraction of sp³-hybridized carbons (Fsp3) is 0.667. The van der Waals surface area contributed by atoms with Crippen LogP contribution in [0.1, 0.15) is 66.9 Å². The number of benzene rings is 1. The topological polar surface area (TPSA) is 20.2 Å². The fourth-order valence-electron chi connectivity index (χ4n) is 3.71. The van der Waals surface area contributed by atoms with Crippen molar-refractivity contribution in [2.45, 2.75) is 66.7 Å². The zero-order valence-corrected chi connectivity index (χ0v) is 13.7. The summed E-state index contributed by atoms with van der Waals surface area (Å²) < 4.78 is 0. The average Bonchev–Trinajstić information content (AvgIpc) is 2.11. The largest absolute Gasteiger partial charge is 0.508 e. The predicted molar refractivity (Wildman–Crippen MR) is 83.6 cm³/mol. The zero-order valence-electron chi connectivity index (χ0n) is 13.7. The summed E-state index contributed by atoms with van der Waals surface area (Å²) >= 11 is 0. The molecule has 1 heteroatoms. The van der Waals surface area contributed by atoms with E-state index in [1.54, 1.807) is 12.1 Å². The van der Waals surface area contributed by atoms with Crippen molar-refractivity contribution < 1.29 is 5.11 Å². The number of phenols is 1. The summed E-state index contributed by atoms with van der Waals surface area (Å²) in [6.45, 7) is 16.2. The van der Waals surface area contributed by atoms with Crippen molar-refractivity contribution in [2.24, 2.45) is 10.8 Å². The van der Waals surface area contributed by atoms with Gasteiger partial charge in [0.15, 0.2) is 0 Å². The van der Waals surface area contributed by atoms with Gasteiger partial charge in [-0.2, -0.15) is 0 Å². The quantitative estimate of drug-likeness (QED) is 0.757. The Labute approximate surface area is 119 Å². The van der Waals surface area contributed by atoms with Crippen LogP contribution in [-0.2, 0) is 5.41 Å². The van der Waals surface area contributed by atoms with E-state index in [9.17, 15) is 5.11 Å². The molecule has 0 atom stereocenters. The predicted octanol–water partition coefficient (Wildman–Crippen LogP) is 5.52. The Kier molecular flexibility index (Phi) is 4.39. The Morgan fingerprint density at radius 3 is 1.68 bits per heavy atom. The number of rotatable bonds is 4. The van der Waals surface area contributed by atoms with Gasteiger partial charge in [0.2, 0.25) is 0 Å². The highest BCUT2D eigenvalue weighted by atomic mass is 16.3. The molecule has 1 N–H and O–H groups in total. The molecule has 1 aromatic carbocycles. The summed E-state index contributed by atoms with van der Waals surface area (Å²) in [5.41, 5.74) is 2.09. The van der Waals surface area contributed by atoms with Gasteiger partial charge in [0.1, 0.15) is 5.75 Å². The Hall–Kier alpha value is -0.980. The molecule has 0 aliphatic rings. The Bertz CT molecular complexity index is 404. The smallest absolute Gasteiger partial charge is 0.115 e. The van der Waals surface area contributed by atoms with Gasteiger partial charge in [-0.1, -0.05) is 60.6 Å². The molecule has 1 aromatic rings. The van der Waals surface area contributed by atoms with Gasteiger partial charge in [0, 0.05) is 0 Å². The first-order valence-corrected chi connectivity index (χ1v) is 7.21. The van der Waals surface area contributed by atoms with E-state index in [1.807, 2.05) is 12.1 Å². The number of hydrogen-bond acceptors (Lipinski definition) is 1. The maximum atomic E-state index is 9.41. The van der Waals surface area contributed by atoms with E-state index < -0.39 is 0 Å². The van der Waals surface area contributed by atoms with Crippen molar-refractivity contribution in [1.29, 1.82) is 0 Å². The zero-order chi connectivity index (χ0) is 14.9. The molecule has 0 heterocycles. The summed E-state index contributed by atoms with van der Waals surface area (Å²) in [6, 6.07) is 7.66. The molecule has 19 heavy (non-hydrogen) atoms. The summed E-state index contributed by atoms with van der Waals surface area (Å²) in [6.07, 6.45) is 2.35. The van der Waals surface area contributed by atoms with Gasteiger partial charge >= 0.3 is 0 Å². The molecule has 108 valence electrons. The Morgan fingerprint density at radius 1 is 0.789 bits per heavy atom. The minimum atomic E-state index is 0.127. The van der Waals surface area contributed by atoms with E-state index >= 15 is 0 Å². The molecular weight excluding hydrogens is 232 g/mol. The van der Waals surface area contributed by atoms with Crippen LogP contribution in [0.5, 0.6) is 5.75 Å². The highest BCUT2D eigenvalue weighted by Crippen LogP contribution is 2.43. The van der Waals surface area contributed by atoms with E-state index in [0.29, 0.717) is 16.6 Å². The highest BCUT2D eigenvalue weighted by Gasteiger charge is 2.33.